The first-order chi connectivity index (χ1) is 9.67. The van der Waals surface area contributed by atoms with Crippen LogP contribution in [-0.4, -0.2) is 5.91 Å². The highest BCUT2D eigenvalue weighted by molar-refractivity contribution is 6.31. The Labute approximate surface area is 122 Å². The van der Waals surface area contributed by atoms with Gasteiger partial charge in [-0.25, -0.2) is 0 Å². The summed E-state index contributed by atoms with van der Waals surface area (Å²) in [6, 6.07) is 14.9. The Balaban J connectivity index is 1.89. The average molecular weight is 283 g/mol. The first-order valence-electron chi connectivity index (χ1n) is 6.25. The fourth-order valence-corrected chi connectivity index (χ4v) is 2.54. The molecule has 0 unspecified atom stereocenters. The Hall–Kier alpha value is -2.31. The number of hydrogen-bond acceptors (Lipinski definition) is 2. The number of nitriles is 1. The van der Waals surface area contributed by atoms with Gasteiger partial charge in [0.15, 0.2) is 0 Å². The fourth-order valence-electron chi connectivity index (χ4n) is 2.37. The molecule has 0 radical (unpaired) electrons. The molecule has 3 rings (SSSR count). The van der Waals surface area contributed by atoms with E-state index >= 15 is 0 Å². The molecule has 0 spiro atoms. The second-order valence-electron chi connectivity index (χ2n) is 4.74. The van der Waals surface area contributed by atoms with Gasteiger partial charge in [0.25, 0.3) is 0 Å². The summed E-state index contributed by atoms with van der Waals surface area (Å²) in [4.78, 5) is 13.8. The topological polar surface area (TPSA) is 44.1 Å². The number of carbonyl (C=O) groups excluding carboxylic acids is 1. The van der Waals surface area contributed by atoms with E-state index in [0.717, 1.165) is 16.8 Å². The number of hydrogen-bond donors (Lipinski definition) is 0. The first-order valence-corrected chi connectivity index (χ1v) is 6.63. The Morgan fingerprint density at radius 1 is 1.20 bits per heavy atom. The van der Waals surface area contributed by atoms with Crippen LogP contribution in [0.25, 0.3) is 0 Å². The molecule has 1 heterocycles. The smallest absolute Gasteiger partial charge is 0.231 e. The summed E-state index contributed by atoms with van der Waals surface area (Å²) < 4.78 is 0. The maximum absolute atomic E-state index is 12.1. The van der Waals surface area contributed by atoms with Crippen molar-refractivity contribution >= 4 is 23.2 Å². The SMILES string of the molecule is N#Cc1ccc(CN2C(=O)Cc3ccc(Cl)cc32)cc1. The van der Waals surface area contributed by atoms with Crippen LogP contribution in [0.5, 0.6) is 0 Å². The minimum atomic E-state index is 0.0756. The highest BCUT2D eigenvalue weighted by Gasteiger charge is 2.27. The van der Waals surface area contributed by atoms with Gasteiger partial charge < -0.3 is 4.90 Å². The van der Waals surface area contributed by atoms with E-state index in [1.54, 1.807) is 23.1 Å². The number of fused-ring (bicyclic) bond motifs is 1. The summed E-state index contributed by atoms with van der Waals surface area (Å²) in [5, 5.41) is 9.41. The fraction of sp³-hybridized carbons (Fsp3) is 0.125. The van der Waals surface area contributed by atoms with Gasteiger partial charge in [0.1, 0.15) is 0 Å². The molecule has 0 atom stereocenters. The lowest BCUT2D eigenvalue weighted by Gasteiger charge is -2.17. The normalized spacial score (nSPS) is 13.2. The van der Waals surface area contributed by atoms with Crippen molar-refractivity contribution in [3.05, 3.63) is 64.2 Å². The Kier molecular flexibility index (Phi) is 3.17. The third-order valence-corrected chi connectivity index (χ3v) is 3.64. The molecule has 0 fully saturated rings. The molecule has 1 amide bonds. The highest BCUT2D eigenvalue weighted by Crippen LogP contribution is 2.32. The third kappa shape index (κ3) is 2.26. The van der Waals surface area contributed by atoms with Crippen LogP contribution < -0.4 is 4.90 Å². The highest BCUT2D eigenvalue weighted by atomic mass is 35.5. The molecule has 0 aromatic heterocycles. The lowest BCUT2D eigenvalue weighted by atomic mass is 10.1. The Morgan fingerprint density at radius 3 is 2.65 bits per heavy atom. The lowest BCUT2D eigenvalue weighted by molar-refractivity contribution is -0.117. The summed E-state index contributed by atoms with van der Waals surface area (Å²) >= 11 is 6.00. The number of halogens is 1. The van der Waals surface area contributed by atoms with E-state index in [2.05, 4.69) is 6.07 Å². The van der Waals surface area contributed by atoms with Crippen LogP contribution in [0.3, 0.4) is 0 Å². The van der Waals surface area contributed by atoms with E-state index in [9.17, 15) is 4.79 Å². The summed E-state index contributed by atoms with van der Waals surface area (Å²) in [5.74, 6) is 0.0756. The second-order valence-corrected chi connectivity index (χ2v) is 5.17. The molecule has 0 aliphatic carbocycles. The standard InChI is InChI=1S/C16H11ClN2O/c17-14-6-5-13-7-16(20)19(15(13)8-14)10-12-3-1-11(9-18)2-4-12/h1-6,8H,7,10H2. The van der Waals surface area contributed by atoms with Crippen LogP contribution in [0.2, 0.25) is 5.02 Å². The average Bonchev–Trinajstić information content (AvgIpc) is 2.76. The molecule has 1 aliphatic heterocycles. The van der Waals surface area contributed by atoms with Gasteiger partial charge in [-0.3, -0.25) is 4.79 Å². The molecule has 4 heteroatoms. The molecule has 0 saturated heterocycles. The molecule has 1 aliphatic rings. The van der Waals surface area contributed by atoms with Gasteiger partial charge in [-0.15, -0.1) is 0 Å². The molecule has 0 N–H and O–H groups in total. The maximum atomic E-state index is 12.1. The maximum Gasteiger partial charge on any atom is 0.231 e. The van der Waals surface area contributed by atoms with Gasteiger partial charge in [-0.1, -0.05) is 29.8 Å². The van der Waals surface area contributed by atoms with Gasteiger partial charge in [0.05, 0.1) is 24.6 Å². The van der Waals surface area contributed by atoms with E-state index in [-0.39, 0.29) is 5.91 Å². The van der Waals surface area contributed by atoms with Crippen molar-refractivity contribution in [2.45, 2.75) is 13.0 Å². The van der Waals surface area contributed by atoms with Crippen molar-refractivity contribution in [2.24, 2.45) is 0 Å². The van der Waals surface area contributed by atoms with Crippen LogP contribution in [0.15, 0.2) is 42.5 Å². The van der Waals surface area contributed by atoms with Crippen LogP contribution in [0.1, 0.15) is 16.7 Å². The zero-order chi connectivity index (χ0) is 14.1. The van der Waals surface area contributed by atoms with E-state index in [1.807, 2.05) is 24.3 Å². The van der Waals surface area contributed by atoms with Crippen molar-refractivity contribution in [2.75, 3.05) is 4.90 Å². The van der Waals surface area contributed by atoms with Gasteiger partial charge >= 0.3 is 0 Å². The summed E-state index contributed by atoms with van der Waals surface area (Å²) in [5.41, 5.74) is 3.50. The third-order valence-electron chi connectivity index (χ3n) is 3.40. The van der Waals surface area contributed by atoms with Gasteiger partial charge in [0.2, 0.25) is 5.91 Å². The van der Waals surface area contributed by atoms with Gasteiger partial charge in [-0.2, -0.15) is 5.26 Å². The van der Waals surface area contributed by atoms with Gasteiger partial charge in [0, 0.05) is 10.7 Å². The molecule has 2 aromatic carbocycles. The van der Waals surface area contributed by atoms with Gasteiger partial charge in [-0.05, 0) is 35.4 Å². The second kappa shape index (κ2) is 4.99. The van der Waals surface area contributed by atoms with Crippen LogP contribution >= 0.6 is 11.6 Å². The van der Waals surface area contributed by atoms with Crippen molar-refractivity contribution in [1.29, 1.82) is 5.26 Å². The summed E-state index contributed by atoms with van der Waals surface area (Å²) in [7, 11) is 0. The molecule has 3 nitrogen and oxygen atoms in total. The van der Waals surface area contributed by atoms with E-state index in [4.69, 9.17) is 16.9 Å². The zero-order valence-electron chi connectivity index (χ0n) is 10.6. The van der Waals surface area contributed by atoms with Crippen molar-refractivity contribution in [1.82, 2.24) is 0 Å². The molecule has 0 saturated carbocycles. The van der Waals surface area contributed by atoms with Crippen molar-refractivity contribution in [3.8, 4) is 6.07 Å². The predicted molar refractivity (Wildman–Crippen MR) is 77.5 cm³/mol. The molecule has 98 valence electrons. The van der Waals surface area contributed by atoms with Crippen LogP contribution in [0, 0.1) is 11.3 Å². The monoisotopic (exact) mass is 282 g/mol. The zero-order valence-corrected chi connectivity index (χ0v) is 11.4. The van der Waals surface area contributed by atoms with Crippen LogP contribution in [-0.2, 0) is 17.8 Å². The largest absolute Gasteiger partial charge is 0.307 e. The number of benzene rings is 2. The number of nitrogens with zero attached hydrogens (tertiary/aromatic N) is 2. The van der Waals surface area contributed by atoms with Crippen molar-refractivity contribution < 1.29 is 4.79 Å². The summed E-state index contributed by atoms with van der Waals surface area (Å²) in [6.07, 6.45) is 0.419. The quantitative estimate of drug-likeness (QED) is 0.848. The van der Waals surface area contributed by atoms with E-state index in [1.165, 1.54) is 0 Å². The number of anilines is 1. The van der Waals surface area contributed by atoms with E-state index < -0.39 is 0 Å². The first kappa shape index (κ1) is 12.7. The molecule has 20 heavy (non-hydrogen) atoms. The minimum Gasteiger partial charge on any atom is -0.307 e. The molecular formula is C16H11ClN2O. The minimum absolute atomic E-state index is 0.0756. The lowest BCUT2D eigenvalue weighted by Crippen LogP contribution is -2.25. The molecular weight excluding hydrogens is 272 g/mol. The number of carbonyl (C=O) groups is 1. The van der Waals surface area contributed by atoms with Crippen LogP contribution in [0.4, 0.5) is 5.69 Å². The number of amides is 1. The molecule has 0 bridgehead atoms. The van der Waals surface area contributed by atoms with Crippen molar-refractivity contribution in [3.63, 3.8) is 0 Å². The Bertz CT molecular complexity index is 716. The number of rotatable bonds is 2. The Morgan fingerprint density at radius 2 is 1.95 bits per heavy atom. The van der Waals surface area contributed by atoms with E-state index in [0.29, 0.717) is 23.6 Å². The predicted octanol–water partition coefficient (Wildman–Crippen LogP) is 3.30. The summed E-state index contributed by atoms with van der Waals surface area (Å²) in [6.45, 7) is 0.498. The molecule has 2 aromatic rings.